The van der Waals surface area contributed by atoms with Crippen LogP contribution in [0.5, 0.6) is 0 Å². The van der Waals surface area contributed by atoms with Crippen molar-refractivity contribution in [3.63, 3.8) is 0 Å². The number of nitrogens with zero attached hydrogens (tertiary/aromatic N) is 3. The Morgan fingerprint density at radius 1 is 0.833 bits per heavy atom. The molecule has 0 N–H and O–H groups in total. The minimum Gasteiger partial charge on any atom is -0.379 e. The van der Waals surface area contributed by atoms with Gasteiger partial charge in [0.05, 0.1) is 24.4 Å². The van der Waals surface area contributed by atoms with Crippen LogP contribution in [-0.4, -0.2) is 54.2 Å². The van der Waals surface area contributed by atoms with Gasteiger partial charge in [-0.3, -0.25) is 9.80 Å². The summed E-state index contributed by atoms with van der Waals surface area (Å²) in [6, 6.07) is 17.2. The minimum atomic E-state index is 0.727. The average molecular weight is 422 g/mol. The van der Waals surface area contributed by atoms with Gasteiger partial charge in [0, 0.05) is 42.2 Å². The van der Waals surface area contributed by atoms with Crippen molar-refractivity contribution in [2.75, 3.05) is 39.4 Å². The molecule has 0 radical (unpaired) electrons. The fourth-order valence-corrected chi connectivity index (χ4v) is 4.70. The zero-order valence-electron chi connectivity index (χ0n) is 17.3. The fourth-order valence-electron chi connectivity index (χ4n) is 4.53. The molecule has 2 aliphatic rings. The Balaban J connectivity index is 1.45. The average Bonchev–Trinajstić information content (AvgIpc) is 3.28. The number of hydrogen-bond acceptors (Lipinski definition) is 4. The summed E-state index contributed by atoms with van der Waals surface area (Å²) in [5.74, 6) is 0. The molecular weight excluding hydrogens is 394 g/mol. The number of rotatable bonds is 5. The Bertz CT molecular complexity index is 1010. The first-order chi connectivity index (χ1) is 14.7. The molecule has 0 spiro atoms. The maximum atomic E-state index is 6.29. The summed E-state index contributed by atoms with van der Waals surface area (Å²) in [5, 5.41) is 1.91. The molecule has 0 aliphatic carbocycles. The van der Waals surface area contributed by atoms with Gasteiger partial charge in [0.1, 0.15) is 0 Å². The molecule has 4 nitrogen and oxygen atoms in total. The van der Waals surface area contributed by atoms with Crippen molar-refractivity contribution in [3.8, 4) is 11.3 Å². The number of benzene rings is 2. The molecule has 5 heteroatoms. The van der Waals surface area contributed by atoms with E-state index < -0.39 is 0 Å². The van der Waals surface area contributed by atoms with E-state index in [9.17, 15) is 0 Å². The summed E-state index contributed by atoms with van der Waals surface area (Å²) in [6.07, 6.45) is 2.65. The molecule has 1 aromatic heterocycles. The molecule has 0 bridgehead atoms. The van der Waals surface area contributed by atoms with Crippen molar-refractivity contribution >= 4 is 22.5 Å². The second-order valence-corrected chi connectivity index (χ2v) is 8.83. The van der Waals surface area contributed by atoms with Gasteiger partial charge in [0.15, 0.2) is 0 Å². The van der Waals surface area contributed by atoms with Crippen molar-refractivity contribution in [1.82, 2.24) is 14.8 Å². The van der Waals surface area contributed by atoms with Gasteiger partial charge >= 0.3 is 0 Å². The van der Waals surface area contributed by atoms with Crippen LogP contribution in [0.3, 0.4) is 0 Å². The van der Waals surface area contributed by atoms with E-state index >= 15 is 0 Å². The number of ether oxygens (including phenoxy) is 1. The predicted octanol–water partition coefficient (Wildman–Crippen LogP) is 4.98. The number of halogens is 1. The van der Waals surface area contributed by atoms with E-state index in [1.807, 2.05) is 12.1 Å². The first-order valence-electron chi connectivity index (χ1n) is 11.0. The van der Waals surface area contributed by atoms with Crippen LogP contribution in [0.4, 0.5) is 0 Å². The molecule has 0 atom stereocenters. The van der Waals surface area contributed by atoms with E-state index in [1.165, 1.54) is 42.4 Å². The van der Waals surface area contributed by atoms with E-state index in [1.54, 1.807) is 0 Å². The predicted molar refractivity (Wildman–Crippen MR) is 123 cm³/mol. The SMILES string of the molecule is Clc1ccc2c(CN3CCOCC3)cc(-c3ccc(CN4CCCC4)cc3)nc2c1. The molecule has 30 heavy (non-hydrogen) atoms. The lowest BCUT2D eigenvalue weighted by Crippen LogP contribution is -2.35. The molecule has 3 aromatic rings. The summed E-state index contributed by atoms with van der Waals surface area (Å²) in [7, 11) is 0. The van der Waals surface area contributed by atoms with Gasteiger partial charge in [-0.1, -0.05) is 41.9 Å². The first-order valence-corrected chi connectivity index (χ1v) is 11.3. The molecule has 3 heterocycles. The second-order valence-electron chi connectivity index (χ2n) is 8.40. The molecule has 0 unspecified atom stereocenters. The molecule has 2 aromatic carbocycles. The van der Waals surface area contributed by atoms with Crippen LogP contribution >= 0.6 is 11.6 Å². The van der Waals surface area contributed by atoms with Crippen molar-refractivity contribution in [1.29, 1.82) is 0 Å². The molecule has 0 amide bonds. The molecule has 156 valence electrons. The number of likely N-dealkylation sites (tertiary alicyclic amines) is 1. The Morgan fingerprint density at radius 2 is 1.57 bits per heavy atom. The Labute approximate surface area is 183 Å². The van der Waals surface area contributed by atoms with E-state index in [4.69, 9.17) is 21.3 Å². The standard InChI is InChI=1S/C25H28ClN3O/c26-22-7-8-23-21(18-29-11-13-30-14-12-29)15-24(27-25(23)16-22)20-5-3-19(4-6-20)17-28-9-1-2-10-28/h3-8,15-16H,1-2,9-14,17-18H2. The maximum Gasteiger partial charge on any atom is 0.0727 e. The fraction of sp³-hybridized carbons (Fsp3) is 0.400. The highest BCUT2D eigenvalue weighted by Crippen LogP contribution is 2.28. The number of morpholine rings is 1. The van der Waals surface area contributed by atoms with Gasteiger partial charge in [0.25, 0.3) is 0 Å². The third-order valence-electron chi connectivity index (χ3n) is 6.21. The normalized spacial score (nSPS) is 18.3. The lowest BCUT2D eigenvalue weighted by molar-refractivity contribution is 0.0344. The summed E-state index contributed by atoms with van der Waals surface area (Å²) >= 11 is 6.29. The third kappa shape index (κ3) is 4.52. The molecular formula is C25H28ClN3O. The van der Waals surface area contributed by atoms with Crippen LogP contribution in [-0.2, 0) is 17.8 Å². The van der Waals surface area contributed by atoms with Crippen LogP contribution in [0.15, 0.2) is 48.5 Å². The van der Waals surface area contributed by atoms with Crippen molar-refractivity contribution in [2.24, 2.45) is 0 Å². The van der Waals surface area contributed by atoms with E-state index in [2.05, 4.69) is 46.2 Å². The van der Waals surface area contributed by atoms with Crippen LogP contribution in [0.1, 0.15) is 24.0 Å². The smallest absolute Gasteiger partial charge is 0.0727 e. The topological polar surface area (TPSA) is 28.6 Å². The Morgan fingerprint density at radius 3 is 2.33 bits per heavy atom. The van der Waals surface area contributed by atoms with Crippen LogP contribution < -0.4 is 0 Å². The Kier molecular flexibility index (Phi) is 6.00. The van der Waals surface area contributed by atoms with Crippen molar-refractivity contribution < 1.29 is 4.74 Å². The lowest BCUT2D eigenvalue weighted by Gasteiger charge is -2.27. The van der Waals surface area contributed by atoms with E-state index in [0.717, 1.165) is 61.2 Å². The number of fused-ring (bicyclic) bond motifs is 1. The highest BCUT2D eigenvalue weighted by molar-refractivity contribution is 6.31. The van der Waals surface area contributed by atoms with E-state index in [0.29, 0.717) is 0 Å². The van der Waals surface area contributed by atoms with Gasteiger partial charge in [0.2, 0.25) is 0 Å². The summed E-state index contributed by atoms with van der Waals surface area (Å²) in [4.78, 5) is 9.94. The van der Waals surface area contributed by atoms with Gasteiger partial charge < -0.3 is 4.74 Å². The van der Waals surface area contributed by atoms with Gasteiger partial charge in [-0.05, 0) is 55.3 Å². The van der Waals surface area contributed by atoms with Crippen molar-refractivity contribution in [2.45, 2.75) is 25.9 Å². The zero-order chi connectivity index (χ0) is 20.3. The highest BCUT2D eigenvalue weighted by atomic mass is 35.5. The third-order valence-corrected chi connectivity index (χ3v) is 6.44. The van der Waals surface area contributed by atoms with Gasteiger partial charge in [-0.15, -0.1) is 0 Å². The van der Waals surface area contributed by atoms with Gasteiger partial charge in [-0.2, -0.15) is 0 Å². The number of hydrogen-bond donors (Lipinski definition) is 0. The number of aromatic nitrogens is 1. The maximum absolute atomic E-state index is 6.29. The largest absolute Gasteiger partial charge is 0.379 e. The molecule has 0 saturated carbocycles. The summed E-state index contributed by atoms with van der Waals surface area (Å²) < 4.78 is 5.52. The van der Waals surface area contributed by atoms with Gasteiger partial charge in [-0.25, -0.2) is 4.98 Å². The molecule has 2 fully saturated rings. The van der Waals surface area contributed by atoms with Crippen LogP contribution in [0, 0.1) is 0 Å². The summed E-state index contributed by atoms with van der Waals surface area (Å²) in [6.45, 7) is 7.95. The lowest BCUT2D eigenvalue weighted by atomic mass is 10.0. The quantitative estimate of drug-likeness (QED) is 0.580. The molecule has 2 saturated heterocycles. The number of pyridine rings is 1. The zero-order valence-corrected chi connectivity index (χ0v) is 18.1. The van der Waals surface area contributed by atoms with E-state index in [-0.39, 0.29) is 0 Å². The van der Waals surface area contributed by atoms with Crippen molar-refractivity contribution in [3.05, 3.63) is 64.7 Å². The van der Waals surface area contributed by atoms with Crippen LogP contribution in [0.2, 0.25) is 5.02 Å². The summed E-state index contributed by atoms with van der Waals surface area (Å²) in [5.41, 5.74) is 5.81. The second kappa shape index (κ2) is 9.03. The first kappa shape index (κ1) is 20.0. The highest BCUT2D eigenvalue weighted by Gasteiger charge is 2.15. The van der Waals surface area contributed by atoms with Crippen LogP contribution in [0.25, 0.3) is 22.2 Å². The monoisotopic (exact) mass is 421 g/mol. The molecule has 2 aliphatic heterocycles. The molecule has 5 rings (SSSR count). The minimum absolute atomic E-state index is 0.727. The Hall–Kier alpha value is -1.98.